The molecule has 0 aromatic carbocycles. The Kier molecular flexibility index (Phi) is 3.58. The van der Waals surface area contributed by atoms with Crippen LogP contribution in [-0.2, 0) is 5.41 Å². The first kappa shape index (κ1) is 14.2. The van der Waals surface area contributed by atoms with Crippen LogP contribution in [0.5, 0.6) is 0 Å². The minimum absolute atomic E-state index is 0.215. The highest BCUT2D eigenvalue weighted by Gasteiger charge is 2.23. The molecule has 0 fully saturated rings. The Labute approximate surface area is 128 Å². The summed E-state index contributed by atoms with van der Waals surface area (Å²) in [6.45, 7) is 4.62. The van der Waals surface area contributed by atoms with Crippen molar-refractivity contribution in [1.29, 1.82) is 0 Å². The molecule has 6 heteroatoms. The molecule has 0 aliphatic carbocycles. The van der Waals surface area contributed by atoms with E-state index in [1.54, 1.807) is 29.2 Å². The van der Waals surface area contributed by atoms with Gasteiger partial charge in [-0.1, -0.05) is 19.9 Å². The Balaban J connectivity index is 1.75. The lowest BCUT2D eigenvalue weighted by Gasteiger charge is -2.24. The van der Waals surface area contributed by atoms with Crippen molar-refractivity contribution in [2.45, 2.75) is 19.3 Å². The Morgan fingerprint density at radius 3 is 2.91 bits per heavy atom. The van der Waals surface area contributed by atoms with E-state index in [0.717, 1.165) is 5.56 Å². The van der Waals surface area contributed by atoms with Gasteiger partial charge in [-0.2, -0.15) is 0 Å². The zero-order valence-electron chi connectivity index (χ0n) is 12.5. The van der Waals surface area contributed by atoms with E-state index >= 15 is 0 Å². The van der Waals surface area contributed by atoms with Gasteiger partial charge in [-0.25, -0.2) is 9.97 Å². The maximum atomic E-state index is 12.4. The highest BCUT2D eigenvalue weighted by molar-refractivity contribution is 5.97. The number of pyridine rings is 1. The smallest absolute Gasteiger partial charge is 0.273 e. The van der Waals surface area contributed by atoms with Gasteiger partial charge in [0.05, 0.1) is 0 Å². The fraction of sp³-hybridized carbons (Fsp3) is 0.250. The van der Waals surface area contributed by atoms with Crippen molar-refractivity contribution >= 4 is 11.6 Å². The summed E-state index contributed by atoms with van der Waals surface area (Å²) in [5.74, 6) is -0.224. The van der Waals surface area contributed by atoms with E-state index in [0.29, 0.717) is 17.9 Å². The minimum atomic E-state index is -0.224. The maximum Gasteiger partial charge on any atom is 0.273 e. The monoisotopic (exact) mass is 295 g/mol. The topological polar surface area (TPSA) is 72.2 Å². The van der Waals surface area contributed by atoms with Crippen LogP contribution >= 0.6 is 0 Å². The van der Waals surface area contributed by atoms with E-state index in [-0.39, 0.29) is 11.3 Å². The molecule has 3 rings (SSSR count). The molecule has 3 heterocycles. The van der Waals surface area contributed by atoms with Crippen molar-refractivity contribution in [3.63, 3.8) is 0 Å². The van der Waals surface area contributed by atoms with Crippen LogP contribution in [0.15, 0.2) is 49.3 Å². The van der Waals surface area contributed by atoms with E-state index in [1.165, 1.54) is 0 Å². The molecule has 22 heavy (non-hydrogen) atoms. The predicted octanol–water partition coefficient (Wildman–Crippen LogP) is 1.83. The number of carbonyl (C=O) groups is 1. The first-order chi connectivity index (χ1) is 10.6. The van der Waals surface area contributed by atoms with E-state index < -0.39 is 0 Å². The van der Waals surface area contributed by atoms with Crippen LogP contribution in [-0.4, -0.2) is 31.8 Å². The zero-order chi connectivity index (χ0) is 15.6. The molecule has 0 radical (unpaired) electrons. The van der Waals surface area contributed by atoms with Gasteiger partial charge in [0.1, 0.15) is 6.33 Å². The number of hydrogen-bond acceptors (Lipinski definition) is 4. The van der Waals surface area contributed by atoms with Gasteiger partial charge in [0, 0.05) is 36.7 Å². The van der Waals surface area contributed by atoms with Gasteiger partial charge in [0.15, 0.2) is 11.3 Å². The Bertz CT molecular complexity index is 794. The molecule has 3 aromatic heterocycles. The number of aromatic nitrogens is 4. The van der Waals surface area contributed by atoms with Crippen LogP contribution in [0.2, 0.25) is 0 Å². The van der Waals surface area contributed by atoms with Crippen molar-refractivity contribution in [3.05, 3.63) is 60.6 Å². The third kappa shape index (κ3) is 2.67. The third-order valence-corrected chi connectivity index (χ3v) is 3.65. The average molecular weight is 295 g/mol. The van der Waals surface area contributed by atoms with Crippen molar-refractivity contribution in [3.8, 4) is 0 Å². The lowest BCUT2D eigenvalue weighted by atomic mass is 9.85. The summed E-state index contributed by atoms with van der Waals surface area (Å²) in [7, 11) is 0. The molecule has 0 unspecified atom stereocenters. The molecule has 1 N–H and O–H groups in total. The van der Waals surface area contributed by atoms with Crippen LogP contribution < -0.4 is 5.32 Å². The number of carbonyl (C=O) groups excluding carboxylic acids is 1. The molecular formula is C16H17N5O. The van der Waals surface area contributed by atoms with Gasteiger partial charge in [-0.3, -0.25) is 14.2 Å². The van der Waals surface area contributed by atoms with Gasteiger partial charge in [-0.15, -0.1) is 0 Å². The van der Waals surface area contributed by atoms with Crippen molar-refractivity contribution in [2.75, 3.05) is 6.54 Å². The number of fused-ring (bicyclic) bond motifs is 1. The number of hydrogen-bond donors (Lipinski definition) is 1. The van der Waals surface area contributed by atoms with E-state index in [1.807, 2.05) is 24.5 Å². The summed E-state index contributed by atoms with van der Waals surface area (Å²) < 4.78 is 1.72. The number of imidazole rings is 1. The van der Waals surface area contributed by atoms with Gasteiger partial charge in [0.25, 0.3) is 5.91 Å². The summed E-state index contributed by atoms with van der Waals surface area (Å²) in [5, 5.41) is 2.93. The minimum Gasteiger partial charge on any atom is -0.350 e. The van der Waals surface area contributed by atoms with E-state index in [9.17, 15) is 4.79 Å². The number of amides is 1. The lowest BCUT2D eigenvalue weighted by Crippen LogP contribution is -2.37. The SMILES string of the molecule is CC(C)(CNC(=O)c1ncn2cccnc12)c1cccnc1. The summed E-state index contributed by atoms with van der Waals surface area (Å²) in [6, 6.07) is 5.69. The second kappa shape index (κ2) is 5.55. The van der Waals surface area contributed by atoms with Crippen LogP contribution in [0, 0.1) is 0 Å². The quantitative estimate of drug-likeness (QED) is 0.797. The van der Waals surface area contributed by atoms with Crippen molar-refractivity contribution in [2.24, 2.45) is 0 Å². The van der Waals surface area contributed by atoms with Gasteiger partial charge in [-0.05, 0) is 17.7 Å². The fourth-order valence-corrected chi connectivity index (χ4v) is 2.25. The standard InChI is InChI=1S/C16H17N5O/c1-16(2,12-5-3-6-17-9-12)10-19-15(22)13-14-18-7-4-8-21(14)11-20-13/h3-9,11H,10H2,1-2H3,(H,19,22). The number of nitrogens with one attached hydrogen (secondary N) is 1. The summed E-state index contributed by atoms with van der Waals surface area (Å²) >= 11 is 0. The Hall–Kier alpha value is -2.76. The second-order valence-electron chi connectivity index (χ2n) is 5.75. The lowest BCUT2D eigenvalue weighted by molar-refractivity contribution is 0.0942. The van der Waals surface area contributed by atoms with E-state index in [2.05, 4.69) is 34.1 Å². The summed E-state index contributed by atoms with van der Waals surface area (Å²) in [5.41, 5.74) is 1.75. The molecule has 0 saturated carbocycles. The van der Waals surface area contributed by atoms with E-state index in [4.69, 9.17) is 0 Å². The Morgan fingerprint density at radius 1 is 1.27 bits per heavy atom. The number of rotatable bonds is 4. The maximum absolute atomic E-state index is 12.4. The summed E-state index contributed by atoms with van der Waals surface area (Å²) in [6.07, 6.45) is 8.60. The first-order valence-corrected chi connectivity index (χ1v) is 7.04. The fourth-order valence-electron chi connectivity index (χ4n) is 2.25. The molecular weight excluding hydrogens is 278 g/mol. The van der Waals surface area contributed by atoms with Gasteiger partial charge in [0.2, 0.25) is 0 Å². The molecule has 0 bridgehead atoms. The third-order valence-electron chi connectivity index (χ3n) is 3.65. The highest BCUT2D eigenvalue weighted by atomic mass is 16.1. The number of nitrogens with zero attached hydrogens (tertiary/aromatic N) is 4. The molecule has 3 aromatic rings. The van der Waals surface area contributed by atoms with Gasteiger partial charge < -0.3 is 5.32 Å². The van der Waals surface area contributed by atoms with Crippen molar-refractivity contribution < 1.29 is 4.79 Å². The molecule has 1 amide bonds. The second-order valence-corrected chi connectivity index (χ2v) is 5.75. The first-order valence-electron chi connectivity index (χ1n) is 7.04. The molecule has 0 aliphatic heterocycles. The van der Waals surface area contributed by atoms with Crippen LogP contribution in [0.4, 0.5) is 0 Å². The van der Waals surface area contributed by atoms with Crippen LogP contribution in [0.3, 0.4) is 0 Å². The zero-order valence-corrected chi connectivity index (χ0v) is 12.5. The Morgan fingerprint density at radius 2 is 2.14 bits per heavy atom. The largest absolute Gasteiger partial charge is 0.350 e. The molecule has 0 aliphatic rings. The predicted molar refractivity (Wildman–Crippen MR) is 82.6 cm³/mol. The van der Waals surface area contributed by atoms with Crippen molar-refractivity contribution in [1.82, 2.24) is 24.7 Å². The van der Waals surface area contributed by atoms with Crippen LogP contribution in [0.1, 0.15) is 29.9 Å². The molecule has 0 spiro atoms. The normalized spacial score (nSPS) is 11.5. The van der Waals surface area contributed by atoms with Gasteiger partial charge >= 0.3 is 0 Å². The molecule has 0 atom stereocenters. The highest BCUT2D eigenvalue weighted by Crippen LogP contribution is 2.21. The molecule has 0 saturated heterocycles. The molecule has 6 nitrogen and oxygen atoms in total. The molecule has 112 valence electrons. The average Bonchev–Trinajstić information content (AvgIpc) is 2.98. The summed E-state index contributed by atoms with van der Waals surface area (Å²) in [4.78, 5) is 24.8. The van der Waals surface area contributed by atoms with Crippen LogP contribution in [0.25, 0.3) is 5.65 Å².